The summed E-state index contributed by atoms with van der Waals surface area (Å²) in [6, 6.07) is 11.7. The third-order valence-electron chi connectivity index (χ3n) is 3.52. The molecule has 0 bridgehead atoms. The van der Waals surface area contributed by atoms with Crippen LogP contribution in [0.2, 0.25) is 0 Å². The molecule has 6 nitrogen and oxygen atoms in total. The monoisotopic (exact) mass is 327 g/mol. The van der Waals surface area contributed by atoms with Gasteiger partial charge in [0.1, 0.15) is 5.82 Å². The molecule has 2 rings (SSSR count). The van der Waals surface area contributed by atoms with Crippen molar-refractivity contribution in [2.24, 2.45) is 0 Å². The Balaban J connectivity index is 1.80. The SMILES string of the molecule is Cc1cccc(CNc2ccc(C(=O)NCCCN(C)C)nn2)c1. The Bertz CT molecular complexity index is 655. The molecule has 0 atom stereocenters. The first-order valence-corrected chi connectivity index (χ1v) is 8.10. The van der Waals surface area contributed by atoms with Gasteiger partial charge >= 0.3 is 0 Å². The molecule has 1 heterocycles. The van der Waals surface area contributed by atoms with E-state index in [4.69, 9.17) is 0 Å². The van der Waals surface area contributed by atoms with E-state index in [1.165, 1.54) is 11.1 Å². The first kappa shape index (κ1) is 17.9. The van der Waals surface area contributed by atoms with Gasteiger partial charge in [-0.25, -0.2) is 0 Å². The van der Waals surface area contributed by atoms with Crippen LogP contribution in [0.1, 0.15) is 28.0 Å². The van der Waals surface area contributed by atoms with Crippen LogP contribution in [0.25, 0.3) is 0 Å². The summed E-state index contributed by atoms with van der Waals surface area (Å²) < 4.78 is 0. The molecule has 0 aliphatic heterocycles. The van der Waals surface area contributed by atoms with Gasteiger partial charge in [-0.1, -0.05) is 29.8 Å². The van der Waals surface area contributed by atoms with E-state index in [9.17, 15) is 4.79 Å². The van der Waals surface area contributed by atoms with Gasteiger partial charge in [0.2, 0.25) is 0 Å². The lowest BCUT2D eigenvalue weighted by Gasteiger charge is -2.10. The Kier molecular flexibility index (Phi) is 6.69. The second-order valence-corrected chi connectivity index (χ2v) is 6.06. The summed E-state index contributed by atoms with van der Waals surface area (Å²) in [7, 11) is 4.02. The quantitative estimate of drug-likeness (QED) is 0.727. The Labute approximate surface area is 143 Å². The average Bonchev–Trinajstić information content (AvgIpc) is 2.57. The van der Waals surface area contributed by atoms with Crippen LogP contribution >= 0.6 is 0 Å². The van der Waals surface area contributed by atoms with Gasteiger partial charge in [0.25, 0.3) is 5.91 Å². The lowest BCUT2D eigenvalue weighted by atomic mass is 10.1. The highest BCUT2D eigenvalue weighted by molar-refractivity contribution is 5.92. The van der Waals surface area contributed by atoms with Crippen LogP contribution in [-0.2, 0) is 6.54 Å². The van der Waals surface area contributed by atoms with Crippen LogP contribution in [0.3, 0.4) is 0 Å². The van der Waals surface area contributed by atoms with E-state index < -0.39 is 0 Å². The van der Waals surface area contributed by atoms with Gasteiger partial charge in [0.15, 0.2) is 5.69 Å². The highest BCUT2D eigenvalue weighted by Gasteiger charge is 2.07. The van der Waals surface area contributed by atoms with Crippen molar-refractivity contribution in [3.63, 3.8) is 0 Å². The number of aromatic nitrogens is 2. The number of aryl methyl sites for hydroxylation is 1. The van der Waals surface area contributed by atoms with Crippen molar-refractivity contribution in [2.45, 2.75) is 19.9 Å². The molecule has 24 heavy (non-hydrogen) atoms. The highest BCUT2D eigenvalue weighted by atomic mass is 16.1. The largest absolute Gasteiger partial charge is 0.365 e. The number of hydrogen-bond donors (Lipinski definition) is 2. The first-order valence-electron chi connectivity index (χ1n) is 8.10. The van der Waals surface area contributed by atoms with Gasteiger partial charge in [-0.2, -0.15) is 0 Å². The molecule has 0 fully saturated rings. The van der Waals surface area contributed by atoms with Crippen molar-refractivity contribution in [1.82, 2.24) is 20.4 Å². The van der Waals surface area contributed by atoms with Crippen molar-refractivity contribution in [1.29, 1.82) is 0 Å². The maximum Gasteiger partial charge on any atom is 0.271 e. The minimum atomic E-state index is -0.188. The molecule has 0 aliphatic carbocycles. The van der Waals surface area contributed by atoms with E-state index in [2.05, 4.69) is 50.9 Å². The van der Waals surface area contributed by atoms with E-state index in [-0.39, 0.29) is 5.91 Å². The summed E-state index contributed by atoms with van der Waals surface area (Å²) in [5.74, 6) is 0.465. The van der Waals surface area contributed by atoms with Crippen molar-refractivity contribution in [3.8, 4) is 0 Å². The molecule has 1 amide bonds. The zero-order chi connectivity index (χ0) is 17.4. The molecule has 0 unspecified atom stereocenters. The average molecular weight is 327 g/mol. The molecule has 0 saturated carbocycles. The smallest absolute Gasteiger partial charge is 0.271 e. The van der Waals surface area contributed by atoms with Gasteiger partial charge in [0, 0.05) is 13.1 Å². The van der Waals surface area contributed by atoms with Crippen LogP contribution in [0, 0.1) is 6.92 Å². The molecular formula is C18H25N5O. The molecule has 2 aromatic rings. The molecular weight excluding hydrogens is 302 g/mol. The Hall–Kier alpha value is -2.47. The number of carbonyl (C=O) groups is 1. The Morgan fingerprint density at radius 2 is 2.00 bits per heavy atom. The fourth-order valence-corrected chi connectivity index (χ4v) is 2.25. The van der Waals surface area contributed by atoms with E-state index in [0.29, 0.717) is 24.6 Å². The zero-order valence-electron chi connectivity index (χ0n) is 14.5. The minimum Gasteiger partial charge on any atom is -0.365 e. The summed E-state index contributed by atoms with van der Waals surface area (Å²) in [6.07, 6.45) is 0.905. The molecule has 0 aliphatic rings. The van der Waals surface area contributed by atoms with Crippen LogP contribution in [0.4, 0.5) is 5.82 Å². The number of benzene rings is 1. The summed E-state index contributed by atoms with van der Waals surface area (Å²) in [4.78, 5) is 14.1. The van der Waals surface area contributed by atoms with Crippen molar-refractivity contribution >= 4 is 11.7 Å². The second-order valence-electron chi connectivity index (χ2n) is 6.06. The third-order valence-corrected chi connectivity index (χ3v) is 3.52. The number of anilines is 1. The fraction of sp³-hybridized carbons (Fsp3) is 0.389. The molecule has 128 valence electrons. The predicted molar refractivity (Wildman–Crippen MR) is 96.0 cm³/mol. The highest BCUT2D eigenvalue weighted by Crippen LogP contribution is 2.08. The molecule has 0 spiro atoms. The van der Waals surface area contributed by atoms with E-state index >= 15 is 0 Å². The molecule has 6 heteroatoms. The topological polar surface area (TPSA) is 70.2 Å². The minimum absolute atomic E-state index is 0.188. The number of rotatable bonds is 8. The number of nitrogens with zero attached hydrogens (tertiary/aromatic N) is 3. The molecule has 1 aromatic heterocycles. The normalized spacial score (nSPS) is 10.7. The number of amides is 1. The number of carbonyl (C=O) groups excluding carboxylic acids is 1. The maximum absolute atomic E-state index is 12.0. The van der Waals surface area contributed by atoms with Gasteiger partial charge in [-0.15, -0.1) is 10.2 Å². The number of hydrogen-bond acceptors (Lipinski definition) is 5. The summed E-state index contributed by atoms with van der Waals surface area (Å²) >= 11 is 0. The Morgan fingerprint density at radius 3 is 2.67 bits per heavy atom. The lowest BCUT2D eigenvalue weighted by molar-refractivity contribution is 0.0946. The summed E-state index contributed by atoms with van der Waals surface area (Å²) in [6.45, 7) is 4.31. The van der Waals surface area contributed by atoms with Gasteiger partial charge < -0.3 is 15.5 Å². The van der Waals surface area contributed by atoms with E-state index in [1.807, 2.05) is 20.2 Å². The van der Waals surface area contributed by atoms with Crippen molar-refractivity contribution in [3.05, 3.63) is 53.2 Å². The van der Waals surface area contributed by atoms with Crippen molar-refractivity contribution < 1.29 is 4.79 Å². The van der Waals surface area contributed by atoms with Crippen molar-refractivity contribution in [2.75, 3.05) is 32.5 Å². The van der Waals surface area contributed by atoms with Crippen LogP contribution < -0.4 is 10.6 Å². The molecule has 1 aromatic carbocycles. The summed E-state index contributed by atoms with van der Waals surface area (Å²) in [5, 5.41) is 14.1. The second kappa shape index (κ2) is 8.98. The van der Waals surface area contributed by atoms with Gasteiger partial charge in [-0.05, 0) is 51.7 Å². The van der Waals surface area contributed by atoms with Crippen LogP contribution in [0.15, 0.2) is 36.4 Å². The first-order chi connectivity index (χ1) is 11.5. The lowest BCUT2D eigenvalue weighted by Crippen LogP contribution is -2.28. The zero-order valence-corrected chi connectivity index (χ0v) is 14.5. The van der Waals surface area contributed by atoms with Crippen LogP contribution in [0.5, 0.6) is 0 Å². The molecule has 0 radical (unpaired) electrons. The third kappa shape index (κ3) is 5.96. The fourth-order valence-electron chi connectivity index (χ4n) is 2.25. The maximum atomic E-state index is 12.0. The molecule has 0 saturated heterocycles. The van der Waals surface area contributed by atoms with E-state index in [1.54, 1.807) is 12.1 Å². The standard InChI is InChI=1S/C18H25N5O/c1-14-6-4-7-15(12-14)13-20-17-9-8-16(21-22-17)18(24)19-10-5-11-23(2)3/h4,6-9,12H,5,10-11,13H2,1-3H3,(H,19,24)(H,20,22). The predicted octanol–water partition coefficient (Wildman–Crippen LogP) is 2.08. The molecule has 2 N–H and O–H groups in total. The van der Waals surface area contributed by atoms with Gasteiger partial charge in [0.05, 0.1) is 0 Å². The van der Waals surface area contributed by atoms with Gasteiger partial charge in [-0.3, -0.25) is 4.79 Å². The van der Waals surface area contributed by atoms with E-state index in [0.717, 1.165) is 13.0 Å². The Morgan fingerprint density at radius 1 is 1.17 bits per heavy atom. The summed E-state index contributed by atoms with van der Waals surface area (Å²) in [5.41, 5.74) is 2.74. The number of nitrogens with one attached hydrogen (secondary N) is 2. The van der Waals surface area contributed by atoms with Crippen LogP contribution in [-0.4, -0.2) is 48.2 Å².